The van der Waals surface area contributed by atoms with Crippen LogP contribution in [-0.4, -0.2) is 0 Å². The Kier molecular flexibility index (Phi) is 6.45. The standard InChI is InChI=1S/C34H42/c1-23-16-32(33(17-23)34(3,4)5)24(2)18-28-12-9-13-31(28)30-21-27-15-14-26(20-29(27)22-30)19-25-10-7-6-8-11-25/h12-17,20,22,25,33H,2,6-11,18-19,21H2,1,3-5H3. The Morgan fingerprint density at radius 2 is 1.82 bits per heavy atom. The molecule has 1 fully saturated rings. The second-order valence-corrected chi connectivity index (χ2v) is 12.3. The molecule has 178 valence electrons. The van der Waals surface area contributed by atoms with E-state index in [1.807, 2.05) is 0 Å². The average Bonchev–Trinajstić information content (AvgIpc) is 3.51. The van der Waals surface area contributed by atoms with Crippen LogP contribution in [0.1, 0.15) is 89.3 Å². The summed E-state index contributed by atoms with van der Waals surface area (Å²) in [6.07, 6.45) is 23.6. The minimum atomic E-state index is 0.222. The number of hydrogen-bond donors (Lipinski definition) is 0. The van der Waals surface area contributed by atoms with Gasteiger partial charge in [-0.25, -0.2) is 0 Å². The van der Waals surface area contributed by atoms with Gasteiger partial charge in [-0.2, -0.15) is 0 Å². The van der Waals surface area contributed by atoms with Crippen LogP contribution in [0.15, 0.2) is 82.5 Å². The molecule has 0 aromatic heterocycles. The van der Waals surface area contributed by atoms with E-state index in [0.29, 0.717) is 5.92 Å². The molecule has 0 spiro atoms. The molecule has 0 saturated heterocycles. The fourth-order valence-corrected chi connectivity index (χ4v) is 6.58. The normalized spacial score (nSPS) is 22.7. The molecule has 5 rings (SSSR count). The Bertz CT molecular complexity index is 1130. The first-order chi connectivity index (χ1) is 16.3. The maximum atomic E-state index is 4.58. The number of fused-ring (bicyclic) bond motifs is 1. The predicted molar refractivity (Wildman–Crippen MR) is 148 cm³/mol. The Hall–Kier alpha value is -2.34. The highest BCUT2D eigenvalue weighted by Gasteiger charge is 2.31. The molecule has 0 nitrogen and oxygen atoms in total. The van der Waals surface area contributed by atoms with Gasteiger partial charge < -0.3 is 0 Å². The molecular weight excluding hydrogens is 408 g/mol. The maximum Gasteiger partial charge on any atom is 0.00749 e. The molecular formula is C34H42. The third kappa shape index (κ3) is 4.88. The highest BCUT2D eigenvalue weighted by molar-refractivity contribution is 5.72. The Labute approximate surface area is 207 Å². The van der Waals surface area contributed by atoms with Gasteiger partial charge in [-0.1, -0.05) is 114 Å². The molecule has 4 aliphatic rings. The van der Waals surface area contributed by atoms with Gasteiger partial charge in [-0.15, -0.1) is 0 Å². The summed E-state index contributed by atoms with van der Waals surface area (Å²) >= 11 is 0. The zero-order chi connectivity index (χ0) is 23.9. The molecule has 0 N–H and O–H groups in total. The highest BCUT2D eigenvalue weighted by atomic mass is 14.4. The summed E-state index contributed by atoms with van der Waals surface area (Å²) in [5, 5.41) is 0. The first kappa shape index (κ1) is 23.4. The van der Waals surface area contributed by atoms with Crippen LogP contribution in [0, 0.1) is 17.3 Å². The van der Waals surface area contributed by atoms with E-state index in [-0.39, 0.29) is 5.41 Å². The van der Waals surface area contributed by atoms with Crippen LogP contribution in [0.3, 0.4) is 0 Å². The number of hydrogen-bond acceptors (Lipinski definition) is 0. The largest absolute Gasteiger partial charge is 0.0952 e. The third-order valence-corrected chi connectivity index (χ3v) is 8.44. The van der Waals surface area contributed by atoms with Crippen molar-refractivity contribution < 1.29 is 0 Å². The van der Waals surface area contributed by atoms with Crippen LogP contribution < -0.4 is 0 Å². The lowest BCUT2D eigenvalue weighted by molar-refractivity contribution is 0.335. The van der Waals surface area contributed by atoms with E-state index in [4.69, 9.17) is 0 Å². The van der Waals surface area contributed by atoms with Gasteiger partial charge in [0.05, 0.1) is 0 Å². The Morgan fingerprint density at radius 3 is 2.59 bits per heavy atom. The molecule has 1 atom stereocenters. The molecule has 4 aliphatic carbocycles. The molecule has 0 heterocycles. The molecule has 0 aliphatic heterocycles. The summed E-state index contributed by atoms with van der Waals surface area (Å²) in [5.41, 5.74) is 13.3. The molecule has 0 heteroatoms. The van der Waals surface area contributed by atoms with Crippen molar-refractivity contribution in [2.45, 2.75) is 85.5 Å². The third-order valence-electron chi connectivity index (χ3n) is 8.44. The highest BCUT2D eigenvalue weighted by Crippen LogP contribution is 2.44. The van der Waals surface area contributed by atoms with Crippen molar-refractivity contribution in [1.82, 2.24) is 0 Å². The average molecular weight is 451 g/mol. The van der Waals surface area contributed by atoms with Crippen molar-refractivity contribution in [2.24, 2.45) is 17.3 Å². The van der Waals surface area contributed by atoms with Gasteiger partial charge in [0, 0.05) is 5.92 Å². The summed E-state index contributed by atoms with van der Waals surface area (Å²) in [7, 11) is 0. The quantitative estimate of drug-likeness (QED) is 0.405. The smallest absolute Gasteiger partial charge is 0.00749 e. The van der Waals surface area contributed by atoms with Crippen molar-refractivity contribution in [2.75, 3.05) is 0 Å². The molecule has 34 heavy (non-hydrogen) atoms. The summed E-state index contributed by atoms with van der Waals surface area (Å²) in [5.74, 6) is 1.36. The monoisotopic (exact) mass is 450 g/mol. The molecule has 0 amide bonds. The zero-order valence-electron chi connectivity index (χ0n) is 21.8. The minimum absolute atomic E-state index is 0.222. The van der Waals surface area contributed by atoms with Gasteiger partial charge in [0.1, 0.15) is 0 Å². The van der Waals surface area contributed by atoms with Crippen molar-refractivity contribution >= 4 is 6.08 Å². The summed E-state index contributed by atoms with van der Waals surface area (Å²) in [6, 6.07) is 7.29. The lowest BCUT2D eigenvalue weighted by Gasteiger charge is -2.29. The van der Waals surface area contributed by atoms with E-state index in [0.717, 1.165) is 25.2 Å². The maximum absolute atomic E-state index is 4.58. The van der Waals surface area contributed by atoms with Crippen molar-refractivity contribution in [3.05, 3.63) is 99.2 Å². The van der Waals surface area contributed by atoms with Crippen molar-refractivity contribution in [3.63, 3.8) is 0 Å². The van der Waals surface area contributed by atoms with Crippen LogP contribution in [0.4, 0.5) is 0 Å². The van der Waals surface area contributed by atoms with Gasteiger partial charge in [0.25, 0.3) is 0 Å². The molecule has 1 aromatic carbocycles. The van der Waals surface area contributed by atoms with Crippen LogP contribution in [0.25, 0.3) is 6.08 Å². The number of benzene rings is 1. The van der Waals surface area contributed by atoms with E-state index in [1.165, 1.54) is 88.7 Å². The van der Waals surface area contributed by atoms with Gasteiger partial charge in [-0.05, 0) is 88.5 Å². The van der Waals surface area contributed by atoms with Gasteiger partial charge >= 0.3 is 0 Å². The molecule has 0 bridgehead atoms. The minimum Gasteiger partial charge on any atom is -0.0952 e. The van der Waals surface area contributed by atoms with E-state index in [1.54, 1.807) is 0 Å². The second-order valence-electron chi connectivity index (χ2n) is 12.3. The van der Waals surface area contributed by atoms with E-state index >= 15 is 0 Å². The lowest BCUT2D eigenvalue weighted by atomic mass is 9.75. The SMILES string of the molecule is C=C(CC1=CCC=C1C1=Cc2cc(CC3CCCCC3)ccc2C1)C1=CC(C)=CC1C(C)(C)C. The summed E-state index contributed by atoms with van der Waals surface area (Å²) < 4.78 is 0. The van der Waals surface area contributed by atoms with Crippen molar-refractivity contribution in [1.29, 1.82) is 0 Å². The van der Waals surface area contributed by atoms with Gasteiger partial charge in [0.15, 0.2) is 0 Å². The molecule has 1 unspecified atom stereocenters. The van der Waals surface area contributed by atoms with E-state index in [2.05, 4.69) is 82.9 Å². The van der Waals surface area contributed by atoms with E-state index in [9.17, 15) is 0 Å². The molecule has 0 radical (unpaired) electrons. The fraction of sp³-hybridized carbons (Fsp3) is 0.471. The number of allylic oxidation sites excluding steroid dienone is 10. The van der Waals surface area contributed by atoms with Crippen LogP contribution in [0.5, 0.6) is 0 Å². The Balaban J connectivity index is 1.28. The zero-order valence-corrected chi connectivity index (χ0v) is 21.8. The Morgan fingerprint density at radius 1 is 1.03 bits per heavy atom. The first-order valence-electron chi connectivity index (χ1n) is 13.6. The topological polar surface area (TPSA) is 0 Å². The predicted octanol–water partition coefficient (Wildman–Crippen LogP) is 9.50. The molecule has 1 aromatic rings. The summed E-state index contributed by atoms with van der Waals surface area (Å²) in [4.78, 5) is 0. The summed E-state index contributed by atoms with van der Waals surface area (Å²) in [6.45, 7) is 13.8. The fourth-order valence-electron chi connectivity index (χ4n) is 6.58. The van der Waals surface area contributed by atoms with Crippen LogP contribution in [0.2, 0.25) is 0 Å². The van der Waals surface area contributed by atoms with Crippen LogP contribution >= 0.6 is 0 Å². The van der Waals surface area contributed by atoms with Crippen LogP contribution in [-0.2, 0) is 12.8 Å². The lowest BCUT2D eigenvalue weighted by Crippen LogP contribution is -2.20. The number of rotatable bonds is 6. The molecule has 1 saturated carbocycles. The van der Waals surface area contributed by atoms with Crippen molar-refractivity contribution in [3.8, 4) is 0 Å². The first-order valence-corrected chi connectivity index (χ1v) is 13.6. The van der Waals surface area contributed by atoms with E-state index < -0.39 is 0 Å². The van der Waals surface area contributed by atoms with Gasteiger partial charge in [0.2, 0.25) is 0 Å². The second kappa shape index (κ2) is 9.37. The van der Waals surface area contributed by atoms with Gasteiger partial charge in [-0.3, -0.25) is 0 Å².